The monoisotopic (exact) mass is 470 g/mol. The number of carbonyl (C=O) groups excluding carboxylic acids is 2. The summed E-state index contributed by atoms with van der Waals surface area (Å²) in [5.41, 5.74) is -0.806. The molecule has 4 aliphatic rings. The van der Waals surface area contributed by atoms with Crippen LogP contribution in [-0.4, -0.2) is 27.7 Å². The molecule has 0 spiro atoms. The minimum Gasteiger partial charge on any atom is -0.455 e. The summed E-state index contributed by atoms with van der Waals surface area (Å²) in [4.78, 5) is 35.6. The Balaban J connectivity index is 1.39. The van der Waals surface area contributed by atoms with Gasteiger partial charge in [-0.3, -0.25) is 19.7 Å². The quantitative estimate of drug-likeness (QED) is 0.296. The fraction of sp³-hybridized carbons (Fsp3) is 0.579. The maximum Gasteiger partial charge on any atom is 0.312 e. The highest BCUT2D eigenvalue weighted by Crippen LogP contribution is 2.64. The average molecular weight is 472 g/mol. The molecule has 0 aliphatic heterocycles. The molecule has 4 saturated carbocycles. The largest absolute Gasteiger partial charge is 0.455 e. The summed E-state index contributed by atoms with van der Waals surface area (Å²) in [7, 11) is 0. The standard InChI is InChI=1S/C19H20BrClN2O5/c20-19-7-11-3-12(8-19)6-18(5-11,10-19)17(25)28-9-16(24)22-14-2-1-13(21)4-15(14)23(26)27/h1-2,4,11-12H,3,5-10H2,(H,22,24). The molecule has 150 valence electrons. The zero-order valence-corrected chi connectivity index (χ0v) is 17.4. The van der Waals surface area contributed by atoms with E-state index >= 15 is 0 Å². The van der Waals surface area contributed by atoms with Crippen LogP contribution in [-0.2, 0) is 14.3 Å². The highest BCUT2D eigenvalue weighted by Gasteiger charge is 2.60. The van der Waals surface area contributed by atoms with Gasteiger partial charge in [0.1, 0.15) is 5.69 Å². The van der Waals surface area contributed by atoms with Crippen LogP contribution in [0.25, 0.3) is 0 Å². The Kier molecular flexibility index (Phi) is 4.90. The summed E-state index contributed by atoms with van der Waals surface area (Å²) < 4.78 is 5.38. The number of anilines is 1. The van der Waals surface area contributed by atoms with E-state index in [0.717, 1.165) is 38.2 Å². The first-order valence-corrected chi connectivity index (χ1v) is 10.5. The van der Waals surface area contributed by atoms with Gasteiger partial charge >= 0.3 is 5.97 Å². The van der Waals surface area contributed by atoms with Crippen molar-refractivity contribution >= 4 is 50.8 Å². The fourth-order valence-corrected chi connectivity index (χ4v) is 7.24. The predicted octanol–water partition coefficient (Wildman–Crippen LogP) is 4.46. The van der Waals surface area contributed by atoms with Crippen molar-refractivity contribution < 1.29 is 19.2 Å². The summed E-state index contributed by atoms with van der Waals surface area (Å²) in [5, 5.41) is 13.7. The van der Waals surface area contributed by atoms with Gasteiger partial charge in [0, 0.05) is 15.4 Å². The summed E-state index contributed by atoms with van der Waals surface area (Å²) in [6.07, 6.45) is 5.75. The Hall–Kier alpha value is -1.67. The van der Waals surface area contributed by atoms with Gasteiger partial charge in [-0.25, -0.2) is 0 Å². The van der Waals surface area contributed by atoms with Crippen molar-refractivity contribution in [3.05, 3.63) is 33.3 Å². The lowest BCUT2D eigenvalue weighted by Gasteiger charge is -2.58. The summed E-state index contributed by atoms with van der Waals surface area (Å²) >= 11 is 9.62. The number of nitrogens with one attached hydrogen (secondary N) is 1. The van der Waals surface area contributed by atoms with Crippen LogP contribution in [0.3, 0.4) is 0 Å². The third-order valence-electron chi connectivity index (χ3n) is 6.19. The topological polar surface area (TPSA) is 98.5 Å². The Morgan fingerprint density at radius 3 is 2.57 bits per heavy atom. The molecule has 1 N–H and O–H groups in total. The number of esters is 1. The van der Waals surface area contributed by atoms with Crippen molar-refractivity contribution in [2.75, 3.05) is 11.9 Å². The van der Waals surface area contributed by atoms with Crippen molar-refractivity contribution in [2.24, 2.45) is 17.3 Å². The molecule has 4 bridgehead atoms. The maximum atomic E-state index is 12.9. The number of rotatable bonds is 5. The Labute approximate surface area is 175 Å². The third kappa shape index (κ3) is 3.64. The van der Waals surface area contributed by atoms with Crippen LogP contribution >= 0.6 is 27.5 Å². The van der Waals surface area contributed by atoms with Crippen LogP contribution in [0.4, 0.5) is 11.4 Å². The Morgan fingerprint density at radius 1 is 1.29 bits per heavy atom. The van der Waals surface area contributed by atoms with Crippen molar-refractivity contribution in [1.82, 2.24) is 0 Å². The van der Waals surface area contributed by atoms with Crippen molar-refractivity contribution in [3.8, 4) is 0 Å². The van der Waals surface area contributed by atoms with Crippen LogP contribution in [0.1, 0.15) is 38.5 Å². The first-order valence-electron chi connectivity index (χ1n) is 9.28. The minimum atomic E-state index is -0.627. The number of nitrogens with zero attached hydrogens (tertiary/aromatic N) is 1. The molecular weight excluding hydrogens is 452 g/mol. The molecule has 4 fully saturated rings. The zero-order valence-electron chi connectivity index (χ0n) is 15.1. The molecular formula is C19H20BrClN2O5. The lowest BCUT2D eigenvalue weighted by atomic mass is 9.49. The van der Waals surface area contributed by atoms with Gasteiger partial charge in [-0.15, -0.1) is 0 Å². The van der Waals surface area contributed by atoms with E-state index in [1.807, 2.05) is 0 Å². The smallest absolute Gasteiger partial charge is 0.312 e. The normalized spacial score (nSPS) is 32.8. The number of benzene rings is 1. The van der Waals surface area contributed by atoms with Gasteiger partial charge in [0.05, 0.1) is 10.3 Å². The zero-order chi connectivity index (χ0) is 20.1. The third-order valence-corrected chi connectivity index (χ3v) is 7.35. The first-order chi connectivity index (χ1) is 13.2. The Bertz CT molecular complexity index is 847. The number of ether oxygens (including phenoxy) is 1. The number of nitro groups is 1. The van der Waals surface area contributed by atoms with E-state index in [4.69, 9.17) is 16.3 Å². The number of carbonyl (C=O) groups is 2. The minimum absolute atomic E-state index is 0.0162. The SMILES string of the molecule is O=C(COC(=O)C12CC3CC(CC(Br)(C3)C1)C2)Nc1ccc(Cl)cc1[N+](=O)[O-]. The molecule has 0 radical (unpaired) electrons. The molecule has 4 aliphatic carbocycles. The van der Waals surface area contributed by atoms with Gasteiger partial charge in [-0.05, 0) is 62.5 Å². The number of hydrogen-bond acceptors (Lipinski definition) is 5. The molecule has 1 aromatic rings. The number of halogens is 2. The Morgan fingerprint density at radius 2 is 1.96 bits per heavy atom. The predicted molar refractivity (Wildman–Crippen MR) is 106 cm³/mol. The highest BCUT2D eigenvalue weighted by atomic mass is 79.9. The van der Waals surface area contributed by atoms with Crippen LogP contribution in [0.15, 0.2) is 18.2 Å². The van der Waals surface area contributed by atoms with Gasteiger partial charge in [-0.2, -0.15) is 0 Å². The van der Waals surface area contributed by atoms with E-state index in [0.29, 0.717) is 11.8 Å². The number of alkyl halides is 1. The molecule has 9 heteroatoms. The van der Waals surface area contributed by atoms with Crippen LogP contribution < -0.4 is 5.32 Å². The van der Waals surface area contributed by atoms with Crippen molar-refractivity contribution in [1.29, 1.82) is 0 Å². The second-order valence-electron chi connectivity index (χ2n) is 8.44. The lowest BCUT2D eigenvalue weighted by Crippen LogP contribution is -2.56. The van der Waals surface area contributed by atoms with Gasteiger partial charge < -0.3 is 10.1 Å². The molecule has 28 heavy (non-hydrogen) atoms. The highest BCUT2D eigenvalue weighted by molar-refractivity contribution is 9.10. The fourth-order valence-electron chi connectivity index (χ4n) is 5.62. The molecule has 1 amide bonds. The van der Waals surface area contributed by atoms with E-state index in [1.54, 1.807) is 0 Å². The van der Waals surface area contributed by atoms with E-state index in [-0.39, 0.29) is 26.7 Å². The summed E-state index contributed by atoms with van der Waals surface area (Å²) in [5.74, 6) is 0.112. The second-order valence-corrected chi connectivity index (χ2v) is 10.6. The molecule has 0 heterocycles. The van der Waals surface area contributed by atoms with Gasteiger partial charge in [-0.1, -0.05) is 27.5 Å². The molecule has 7 nitrogen and oxygen atoms in total. The average Bonchev–Trinajstić information content (AvgIpc) is 2.59. The molecule has 0 aromatic heterocycles. The summed E-state index contributed by atoms with van der Waals surface area (Å²) in [6.45, 7) is -0.467. The van der Waals surface area contributed by atoms with E-state index in [1.165, 1.54) is 18.6 Å². The summed E-state index contributed by atoms with van der Waals surface area (Å²) in [6, 6.07) is 3.96. The van der Waals surface area contributed by atoms with E-state index in [9.17, 15) is 19.7 Å². The first kappa shape index (κ1) is 19.6. The molecule has 2 atom stereocenters. The van der Waals surface area contributed by atoms with Crippen molar-refractivity contribution in [2.45, 2.75) is 42.8 Å². The van der Waals surface area contributed by atoms with E-state index < -0.39 is 22.9 Å². The molecule has 1 aromatic carbocycles. The second kappa shape index (κ2) is 6.99. The number of amides is 1. The van der Waals surface area contributed by atoms with Gasteiger partial charge in [0.2, 0.25) is 0 Å². The maximum absolute atomic E-state index is 12.9. The number of hydrogen-bond donors (Lipinski definition) is 1. The van der Waals surface area contributed by atoms with Crippen molar-refractivity contribution in [3.63, 3.8) is 0 Å². The van der Waals surface area contributed by atoms with Crippen LogP contribution in [0, 0.1) is 27.4 Å². The van der Waals surface area contributed by atoms with Gasteiger partial charge in [0.15, 0.2) is 6.61 Å². The molecule has 2 unspecified atom stereocenters. The van der Waals surface area contributed by atoms with E-state index in [2.05, 4.69) is 21.2 Å². The lowest BCUT2D eigenvalue weighted by molar-refractivity contribution is -0.383. The number of nitro benzene ring substituents is 1. The molecule has 0 saturated heterocycles. The van der Waals surface area contributed by atoms with Gasteiger partial charge in [0.25, 0.3) is 11.6 Å². The van der Waals surface area contributed by atoms with Crippen LogP contribution in [0.2, 0.25) is 5.02 Å². The molecule has 5 rings (SSSR count). The van der Waals surface area contributed by atoms with Crippen LogP contribution in [0.5, 0.6) is 0 Å².